The van der Waals surface area contributed by atoms with Crippen LogP contribution in [0.2, 0.25) is 5.02 Å². The first-order valence-electron chi connectivity index (χ1n) is 4.67. The minimum Gasteiger partial charge on any atom is -0.318 e. The number of hydrogen-bond donors (Lipinski definition) is 0. The predicted molar refractivity (Wildman–Crippen MR) is 62.2 cm³/mol. The van der Waals surface area contributed by atoms with Gasteiger partial charge in [-0.2, -0.15) is 0 Å². The van der Waals surface area contributed by atoms with E-state index in [0.29, 0.717) is 10.7 Å². The lowest BCUT2D eigenvalue weighted by atomic mass is 10.2. The smallest absolute Gasteiger partial charge is 0.293 e. The van der Waals surface area contributed by atoms with E-state index in [4.69, 9.17) is 11.6 Å². The molecule has 0 fully saturated rings. The van der Waals surface area contributed by atoms with Gasteiger partial charge in [-0.15, -0.1) is 0 Å². The third kappa shape index (κ3) is 1.92. The fourth-order valence-electron chi connectivity index (χ4n) is 1.51. The highest BCUT2D eigenvalue weighted by molar-refractivity contribution is 6.30. The predicted octanol–water partition coefficient (Wildman–Crippen LogP) is 3.35. The summed E-state index contributed by atoms with van der Waals surface area (Å²) in [7, 11) is 0. The van der Waals surface area contributed by atoms with Crippen molar-refractivity contribution in [3.8, 4) is 5.69 Å². The number of hydrogen-bond acceptors (Lipinski definition) is 2. The van der Waals surface area contributed by atoms with Crippen LogP contribution in [0.3, 0.4) is 0 Å². The Morgan fingerprint density at radius 1 is 1.38 bits per heavy atom. The van der Waals surface area contributed by atoms with Crippen molar-refractivity contribution in [2.75, 3.05) is 0 Å². The average molecular weight is 237 g/mol. The van der Waals surface area contributed by atoms with E-state index in [0.717, 1.165) is 5.56 Å². The molecule has 0 bridgehead atoms. The maximum atomic E-state index is 10.9. The Labute approximate surface area is 97.2 Å². The van der Waals surface area contributed by atoms with Crippen molar-refractivity contribution in [2.45, 2.75) is 6.92 Å². The molecule has 0 unspecified atom stereocenters. The molecule has 0 aliphatic carbocycles. The molecule has 0 atom stereocenters. The lowest BCUT2D eigenvalue weighted by Gasteiger charge is -2.04. The summed E-state index contributed by atoms with van der Waals surface area (Å²) >= 11 is 5.84. The molecular formula is C11H9ClN2O2. The number of halogens is 1. The lowest BCUT2D eigenvalue weighted by molar-refractivity contribution is -0.384. The molecule has 0 saturated carbocycles. The number of aromatic nitrogens is 1. The van der Waals surface area contributed by atoms with Gasteiger partial charge in [0.1, 0.15) is 5.69 Å². The zero-order chi connectivity index (χ0) is 11.7. The van der Waals surface area contributed by atoms with Crippen molar-refractivity contribution in [3.05, 3.63) is 57.4 Å². The fourth-order valence-corrected chi connectivity index (χ4v) is 1.68. The molecule has 1 heterocycles. The third-order valence-electron chi connectivity index (χ3n) is 2.25. The Bertz CT molecular complexity index is 549. The second-order valence-electron chi connectivity index (χ2n) is 3.49. The minimum absolute atomic E-state index is 0.0417. The highest BCUT2D eigenvalue weighted by atomic mass is 35.5. The molecule has 2 aromatic rings. The third-order valence-corrected chi connectivity index (χ3v) is 2.49. The Kier molecular flexibility index (Phi) is 2.66. The Morgan fingerprint density at radius 3 is 2.69 bits per heavy atom. The maximum absolute atomic E-state index is 10.9. The topological polar surface area (TPSA) is 48.1 Å². The molecular weight excluding hydrogens is 228 g/mol. The summed E-state index contributed by atoms with van der Waals surface area (Å²) in [6.45, 7) is 1.92. The van der Waals surface area contributed by atoms with E-state index < -0.39 is 4.92 Å². The molecule has 16 heavy (non-hydrogen) atoms. The number of nitrogens with zero attached hydrogens (tertiary/aromatic N) is 2. The van der Waals surface area contributed by atoms with Crippen molar-refractivity contribution >= 4 is 17.3 Å². The number of benzene rings is 1. The van der Waals surface area contributed by atoms with Crippen molar-refractivity contribution in [1.29, 1.82) is 0 Å². The Balaban J connectivity index is 2.62. The van der Waals surface area contributed by atoms with E-state index in [1.54, 1.807) is 16.8 Å². The zero-order valence-electron chi connectivity index (χ0n) is 8.55. The zero-order valence-corrected chi connectivity index (χ0v) is 9.31. The normalized spacial score (nSPS) is 10.4. The minimum atomic E-state index is -0.416. The molecule has 4 nitrogen and oxygen atoms in total. The molecule has 0 saturated heterocycles. The van der Waals surface area contributed by atoms with Crippen LogP contribution in [0.15, 0.2) is 36.7 Å². The van der Waals surface area contributed by atoms with E-state index in [1.807, 2.05) is 19.2 Å². The summed E-state index contributed by atoms with van der Waals surface area (Å²) < 4.78 is 1.69. The SMILES string of the molecule is Cc1ccn(-c2cc(Cl)ccc2[N+](=O)[O-])c1. The van der Waals surface area contributed by atoms with Gasteiger partial charge in [0.25, 0.3) is 5.69 Å². The lowest BCUT2D eigenvalue weighted by Crippen LogP contribution is -1.97. The van der Waals surface area contributed by atoms with Crippen LogP contribution in [0.4, 0.5) is 5.69 Å². The van der Waals surface area contributed by atoms with Crippen molar-refractivity contribution in [1.82, 2.24) is 4.57 Å². The highest BCUT2D eigenvalue weighted by Crippen LogP contribution is 2.26. The second kappa shape index (κ2) is 3.98. The van der Waals surface area contributed by atoms with Gasteiger partial charge in [0.15, 0.2) is 0 Å². The van der Waals surface area contributed by atoms with Gasteiger partial charge < -0.3 is 4.57 Å². The van der Waals surface area contributed by atoms with Crippen LogP contribution in [-0.4, -0.2) is 9.49 Å². The summed E-state index contributed by atoms with van der Waals surface area (Å²) in [4.78, 5) is 10.4. The molecule has 1 aromatic heterocycles. The Morgan fingerprint density at radius 2 is 2.12 bits per heavy atom. The van der Waals surface area contributed by atoms with Crippen LogP contribution in [0, 0.1) is 17.0 Å². The fraction of sp³-hybridized carbons (Fsp3) is 0.0909. The first-order valence-corrected chi connectivity index (χ1v) is 5.04. The molecule has 0 aliphatic heterocycles. The second-order valence-corrected chi connectivity index (χ2v) is 3.92. The van der Waals surface area contributed by atoms with Crippen molar-refractivity contribution in [3.63, 3.8) is 0 Å². The van der Waals surface area contributed by atoms with Crippen molar-refractivity contribution in [2.24, 2.45) is 0 Å². The van der Waals surface area contributed by atoms with Gasteiger partial charge in [-0.05, 0) is 30.7 Å². The quantitative estimate of drug-likeness (QED) is 0.593. The maximum Gasteiger partial charge on any atom is 0.293 e. The average Bonchev–Trinajstić information content (AvgIpc) is 2.64. The van der Waals surface area contributed by atoms with Crippen LogP contribution in [0.1, 0.15) is 5.56 Å². The Hall–Kier alpha value is -1.81. The molecule has 0 aliphatic rings. The van der Waals surface area contributed by atoms with E-state index in [9.17, 15) is 10.1 Å². The molecule has 1 aromatic carbocycles. The summed E-state index contributed by atoms with van der Waals surface area (Å²) in [5, 5.41) is 11.3. The number of nitro benzene ring substituents is 1. The van der Waals surface area contributed by atoms with Crippen LogP contribution in [0.25, 0.3) is 5.69 Å². The molecule has 5 heteroatoms. The van der Waals surface area contributed by atoms with Crippen LogP contribution in [-0.2, 0) is 0 Å². The molecule has 0 radical (unpaired) electrons. The summed E-state index contributed by atoms with van der Waals surface area (Å²) in [6.07, 6.45) is 3.59. The van der Waals surface area contributed by atoms with Gasteiger partial charge in [-0.1, -0.05) is 11.6 Å². The molecule has 0 N–H and O–H groups in total. The summed E-state index contributed by atoms with van der Waals surface area (Å²) in [5.41, 5.74) is 1.56. The van der Waals surface area contributed by atoms with Gasteiger partial charge in [-0.25, -0.2) is 0 Å². The molecule has 2 rings (SSSR count). The molecule has 0 spiro atoms. The van der Waals surface area contributed by atoms with Gasteiger partial charge in [0.05, 0.1) is 4.92 Å². The van der Waals surface area contributed by atoms with Crippen LogP contribution >= 0.6 is 11.6 Å². The number of aryl methyl sites for hydroxylation is 1. The standard InChI is InChI=1S/C11H9ClN2O2/c1-8-4-5-13(7-8)11-6-9(12)2-3-10(11)14(15)16/h2-7H,1H3. The number of nitro groups is 1. The molecule has 0 amide bonds. The number of rotatable bonds is 2. The largest absolute Gasteiger partial charge is 0.318 e. The van der Waals surface area contributed by atoms with E-state index in [1.165, 1.54) is 12.1 Å². The van der Waals surface area contributed by atoms with Crippen molar-refractivity contribution < 1.29 is 4.92 Å². The van der Waals surface area contributed by atoms with E-state index >= 15 is 0 Å². The van der Waals surface area contributed by atoms with E-state index in [2.05, 4.69) is 0 Å². The van der Waals surface area contributed by atoms with Gasteiger partial charge in [0.2, 0.25) is 0 Å². The monoisotopic (exact) mass is 236 g/mol. The summed E-state index contributed by atoms with van der Waals surface area (Å²) in [6, 6.07) is 6.39. The van der Waals surface area contributed by atoms with Crippen LogP contribution < -0.4 is 0 Å². The summed E-state index contributed by atoms with van der Waals surface area (Å²) in [5.74, 6) is 0. The molecule has 82 valence electrons. The van der Waals surface area contributed by atoms with Gasteiger partial charge >= 0.3 is 0 Å². The first-order chi connectivity index (χ1) is 7.58. The van der Waals surface area contributed by atoms with Crippen LogP contribution in [0.5, 0.6) is 0 Å². The first kappa shape index (κ1) is 10.7. The highest BCUT2D eigenvalue weighted by Gasteiger charge is 2.15. The van der Waals surface area contributed by atoms with E-state index in [-0.39, 0.29) is 5.69 Å². The van der Waals surface area contributed by atoms with Gasteiger partial charge in [0, 0.05) is 23.5 Å². The van der Waals surface area contributed by atoms with Gasteiger partial charge in [-0.3, -0.25) is 10.1 Å².